The van der Waals surface area contributed by atoms with E-state index in [1.165, 1.54) is 0 Å². The van der Waals surface area contributed by atoms with E-state index in [0.29, 0.717) is 11.9 Å². The van der Waals surface area contributed by atoms with Gasteiger partial charge in [-0.1, -0.05) is 31.2 Å². The van der Waals surface area contributed by atoms with Crippen LogP contribution in [0.4, 0.5) is 0 Å². The smallest absolute Gasteiger partial charge is 0.296 e. The highest BCUT2D eigenvalue weighted by Crippen LogP contribution is 2.45. The van der Waals surface area contributed by atoms with Gasteiger partial charge in [0.25, 0.3) is 0 Å². The van der Waals surface area contributed by atoms with Crippen molar-refractivity contribution in [3.05, 3.63) is 28.5 Å². The van der Waals surface area contributed by atoms with Gasteiger partial charge in [0.1, 0.15) is 0 Å². The fourth-order valence-electron chi connectivity index (χ4n) is 3.02. The van der Waals surface area contributed by atoms with Crippen molar-refractivity contribution >= 4 is 0 Å². The van der Waals surface area contributed by atoms with Crippen LogP contribution in [0.25, 0.3) is 0 Å². The number of aromatic nitrogens is 2. The van der Waals surface area contributed by atoms with Crippen molar-refractivity contribution in [1.29, 1.82) is 0 Å². The summed E-state index contributed by atoms with van der Waals surface area (Å²) in [6.45, 7) is 7.39. The highest BCUT2D eigenvalue weighted by Gasteiger charge is 2.47. The third-order valence-corrected chi connectivity index (χ3v) is 4.09. The monoisotopic (exact) mass is 265 g/mol. The van der Waals surface area contributed by atoms with E-state index in [1.54, 1.807) is 0 Å². The molecule has 0 radical (unpaired) electrons. The summed E-state index contributed by atoms with van der Waals surface area (Å²) in [6, 6.07) is 0.324. The van der Waals surface area contributed by atoms with Crippen molar-refractivity contribution < 1.29 is 4.52 Å². The average Bonchev–Trinajstić information content (AvgIpc) is 2.77. The van der Waals surface area contributed by atoms with E-state index in [4.69, 9.17) is 4.52 Å². The van der Waals surface area contributed by atoms with E-state index in [1.807, 2.05) is 0 Å². The van der Waals surface area contributed by atoms with Crippen molar-refractivity contribution in [2.24, 2.45) is 0 Å². The number of H-pyrrole nitrogens is 1. The van der Waals surface area contributed by atoms with Crippen molar-refractivity contribution in [2.75, 3.05) is 6.54 Å². The summed E-state index contributed by atoms with van der Waals surface area (Å²) in [5.41, 5.74) is -0.154. The summed E-state index contributed by atoms with van der Waals surface area (Å²) in [5, 5.41) is 3.93. The maximum atomic E-state index is 11.2. The molecule has 1 saturated carbocycles. The third kappa shape index (κ3) is 2.52. The van der Waals surface area contributed by atoms with E-state index >= 15 is 0 Å². The van der Waals surface area contributed by atoms with Gasteiger partial charge in [-0.25, -0.2) is 4.79 Å². The molecule has 1 aromatic heterocycles. The lowest BCUT2D eigenvalue weighted by Gasteiger charge is -2.50. The van der Waals surface area contributed by atoms with Gasteiger partial charge in [-0.05, 0) is 39.2 Å². The SMILES string of the molecule is CC/C=C\C(C)N(CC)C1(c2noc(=O)[nH]2)CCC1. The second kappa shape index (κ2) is 5.74. The Balaban J connectivity index is 2.28. The average molecular weight is 265 g/mol. The van der Waals surface area contributed by atoms with E-state index in [-0.39, 0.29) is 5.54 Å². The third-order valence-electron chi connectivity index (χ3n) is 4.09. The van der Waals surface area contributed by atoms with Gasteiger partial charge in [-0.2, -0.15) is 0 Å². The molecule has 0 saturated heterocycles. The Labute approximate surface area is 113 Å². The minimum Gasteiger partial charge on any atom is -0.296 e. The Hall–Kier alpha value is -1.36. The van der Waals surface area contributed by atoms with Crippen molar-refractivity contribution in [2.45, 2.75) is 58.0 Å². The Morgan fingerprint density at radius 2 is 2.26 bits per heavy atom. The first kappa shape index (κ1) is 14.1. The summed E-state index contributed by atoms with van der Waals surface area (Å²) < 4.78 is 4.70. The number of hydrogen-bond donors (Lipinski definition) is 1. The van der Waals surface area contributed by atoms with Crippen molar-refractivity contribution in [3.63, 3.8) is 0 Å². The summed E-state index contributed by atoms with van der Waals surface area (Å²) >= 11 is 0. The summed E-state index contributed by atoms with van der Waals surface area (Å²) in [5.74, 6) is 0.219. The largest absolute Gasteiger partial charge is 0.438 e. The van der Waals surface area contributed by atoms with Gasteiger partial charge in [0.15, 0.2) is 5.82 Å². The second-order valence-corrected chi connectivity index (χ2v) is 5.19. The zero-order valence-electron chi connectivity index (χ0n) is 12.0. The first-order valence-electron chi connectivity index (χ1n) is 7.14. The molecule has 0 bridgehead atoms. The molecule has 19 heavy (non-hydrogen) atoms. The van der Waals surface area contributed by atoms with E-state index in [9.17, 15) is 4.79 Å². The molecule has 0 amide bonds. The van der Waals surface area contributed by atoms with Crippen LogP contribution >= 0.6 is 0 Å². The summed E-state index contributed by atoms with van der Waals surface area (Å²) in [7, 11) is 0. The zero-order chi connectivity index (χ0) is 13.9. The Bertz CT molecular complexity index is 485. The maximum Gasteiger partial charge on any atom is 0.438 e. The molecule has 1 heterocycles. The van der Waals surface area contributed by atoms with Gasteiger partial charge in [-0.3, -0.25) is 14.4 Å². The Morgan fingerprint density at radius 3 is 2.68 bits per heavy atom. The van der Waals surface area contributed by atoms with Crippen LogP contribution in [0.3, 0.4) is 0 Å². The minimum atomic E-state index is -0.464. The van der Waals surface area contributed by atoms with Gasteiger partial charge >= 0.3 is 5.76 Å². The lowest BCUT2D eigenvalue weighted by molar-refractivity contribution is -0.00923. The normalized spacial score (nSPS) is 19.8. The molecule has 0 aliphatic heterocycles. The molecular weight excluding hydrogens is 242 g/mol. The van der Waals surface area contributed by atoms with Crippen LogP contribution in [0, 0.1) is 0 Å². The molecule has 2 rings (SSSR count). The van der Waals surface area contributed by atoms with Gasteiger partial charge in [-0.15, -0.1) is 0 Å². The second-order valence-electron chi connectivity index (χ2n) is 5.19. The Kier molecular flexibility index (Phi) is 4.24. The molecule has 0 spiro atoms. The van der Waals surface area contributed by atoms with Crippen molar-refractivity contribution in [1.82, 2.24) is 15.0 Å². The number of hydrogen-bond acceptors (Lipinski definition) is 4. The van der Waals surface area contributed by atoms with Crippen LogP contribution in [-0.4, -0.2) is 27.6 Å². The molecule has 106 valence electrons. The van der Waals surface area contributed by atoms with Gasteiger partial charge in [0.05, 0.1) is 5.54 Å². The molecule has 1 aromatic rings. The van der Waals surface area contributed by atoms with Gasteiger partial charge in [0, 0.05) is 6.04 Å². The Morgan fingerprint density at radius 1 is 1.53 bits per heavy atom. The molecule has 0 aromatic carbocycles. The fourth-order valence-corrected chi connectivity index (χ4v) is 3.02. The van der Waals surface area contributed by atoms with Gasteiger partial charge in [0.2, 0.25) is 0 Å². The molecule has 1 N–H and O–H groups in total. The topological polar surface area (TPSA) is 62.1 Å². The number of aromatic amines is 1. The quantitative estimate of drug-likeness (QED) is 0.802. The van der Waals surface area contributed by atoms with Crippen LogP contribution in [0.1, 0.15) is 52.3 Å². The van der Waals surface area contributed by atoms with Crippen LogP contribution in [0.2, 0.25) is 0 Å². The molecule has 1 fully saturated rings. The number of nitrogens with zero attached hydrogens (tertiary/aromatic N) is 2. The fraction of sp³-hybridized carbons (Fsp3) is 0.714. The first-order chi connectivity index (χ1) is 9.14. The lowest BCUT2D eigenvalue weighted by Crippen LogP contribution is -2.55. The highest BCUT2D eigenvalue weighted by atomic mass is 16.5. The maximum absolute atomic E-state index is 11.2. The molecule has 1 aliphatic rings. The van der Waals surface area contributed by atoms with Crippen LogP contribution in [0.15, 0.2) is 21.5 Å². The molecule has 5 nitrogen and oxygen atoms in total. The van der Waals surface area contributed by atoms with E-state index in [2.05, 4.69) is 48.0 Å². The summed E-state index contributed by atoms with van der Waals surface area (Å²) in [6.07, 6.45) is 8.65. The number of nitrogens with one attached hydrogen (secondary N) is 1. The van der Waals surface area contributed by atoms with Crippen LogP contribution in [-0.2, 0) is 5.54 Å². The molecule has 1 atom stereocenters. The number of allylic oxidation sites excluding steroid dienone is 1. The van der Waals surface area contributed by atoms with E-state index < -0.39 is 5.76 Å². The molecule has 1 unspecified atom stereocenters. The molecule has 1 aliphatic carbocycles. The molecular formula is C14H23N3O2. The minimum absolute atomic E-state index is 0.154. The standard InChI is InChI=1S/C14H23N3O2/c1-4-6-8-11(3)17(5-2)14(9-7-10-14)12-15-13(18)19-16-12/h6,8,11H,4-5,7,9-10H2,1-3H3,(H,15,16,18)/b8-6-. The summed E-state index contributed by atoms with van der Waals surface area (Å²) in [4.78, 5) is 16.4. The predicted octanol–water partition coefficient (Wildman–Crippen LogP) is 2.42. The molecule has 5 heteroatoms. The van der Waals surface area contributed by atoms with E-state index in [0.717, 1.165) is 32.2 Å². The predicted molar refractivity (Wildman–Crippen MR) is 73.9 cm³/mol. The van der Waals surface area contributed by atoms with Crippen molar-refractivity contribution in [3.8, 4) is 0 Å². The zero-order valence-corrected chi connectivity index (χ0v) is 12.0. The first-order valence-corrected chi connectivity index (χ1v) is 7.14. The highest BCUT2D eigenvalue weighted by molar-refractivity contribution is 5.12. The van der Waals surface area contributed by atoms with Crippen LogP contribution in [0.5, 0.6) is 0 Å². The number of likely N-dealkylation sites (N-methyl/N-ethyl adjacent to an activating group) is 1. The van der Waals surface area contributed by atoms with Gasteiger partial charge < -0.3 is 0 Å². The lowest BCUT2D eigenvalue weighted by atomic mass is 9.74. The number of rotatable bonds is 6. The van der Waals surface area contributed by atoms with Crippen LogP contribution < -0.4 is 5.76 Å².